The van der Waals surface area contributed by atoms with Gasteiger partial charge in [-0.3, -0.25) is 0 Å². The molecule has 1 atom stereocenters. The van der Waals surface area contributed by atoms with Crippen molar-refractivity contribution in [3.05, 3.63) is 56.8 Å². The van der Waals surface area contributed by atoms with Crippen molar-refractivity contribution in [3.63, 3.8) is 0 Å². The maximum absolute atomic E-state index is 14.3. The van der Waals surface area contributed by atoms with Crippen LogP contribution in [0.2, 0.25) is 0 Å². The molecule has 2 rings (SSSR count). The monoisotopic (exact) mass is 309 g/mol. The standard InChI is InChI=1S/C17H21F2NS/c1-4-8-20-17(16-7-6-12(5-2)21-16)13-10-14(18)11(3)9-15(13)19/h6-7,9-10,17,20H,4-5,8H2,1-3H3. The fraction of sp³-hybridized carbons (Fsp3) is 0.412. The Kier molecular flexibility index (Phi) is 5.48. The lowest BCUT2D eigenvalue weighted by Gasteiger charge is -2.19. The molecule has 0 aliphatic carbocycles. The third-order valence-electron chi connectivity index (χ3n) is 3.50. The second-order valence-electron chi connectivity index (χ2n) is 5.17. The Morgan fingerprint density at radius 2 is 1.90 bits per heavy atom. The van der Waals surface area contributed by atoms with E-state index in [1.165, 1.54) is 17.0 Å². The minimum absolute atomic E-state index is 0.287. The summed E-state index contributed by atoms with van der Waals surface area (Å²) in [4.78, 5) is 2.28. The lowest BCUT2D eigenvalue weighted by molar-refractivity contribution is 0.536. The third-order valence-corrected chi connectivity index (χ3v) is 4.80. The van der Waals surface area contributed by atoms with E-state index in [-0.39, 0.29) is 17.7 Å². The van der Waals surface area contributed by atoms with Crippen LogP contribution in [0, 0.1) is 18.6 Å². The van der Waals surface area contributed by atoms with Crippen molar-refractivity contribution in [2.75, 3.05) is 6.54 Å². The van der Waals surface area contributed by atoms with Crippen molar-refractivity contribution in [3.8, 4) is 0 Å². The molecule has 21 heavy (non-hydrogen) atoms. The summed E-state index contributed by atoms with van der Waals surface area (Å²) in [6.07, 6.45) is 1.90. The van der Waals surface area contributed by atoms with Gasteiger partial charge in [-0.2, -0.15) is 0 Å². The molecule has 1 aromatic heterocycles. The molecule has 1 nitrogen and oxygen atoms in total. The lowest BCUT2D eigenvalue weighted by atomic mass is 10.0. The second-order valence-corrected chi connectivity index (χ2v) is 6.37. The first-order valence-electron chi connectivity index (χ1n) is 7.34. The van der Waals surface area contributed by atoms with E-state index in [0.717, 1.165) is 24.3 Å². The van der Waals surface area contributed by atoms with E-state index in [9.17, 15) is 8.78 Å². The first-order valence-corrected chi connectivity index (χ1v) is 8.16. The molecular weight excluding hydrogens is 288 g/mol. The van der Waals surface area contributed by atoms with Gasteiger partial charge in [-0.25, -0.2) is 8.78 Å². The molecule has 0 spiro atoms. The average Bonchev–Trinajstić information content (AvgIpc) is 2.93. The Labute approximate surface area is 129 Å². The molecule has 0 aliphatic heterocycles. The lowest BCUT2D eigenvalue weighted by Crippen LogP contribution is -2.23. The summed E-state index contributed by atoms with van der Waals surface area (Å²) in [5.74, 6) is -0.712. The highest BCUT2D eigenvalue weighted by Gasteiger charge is 2.20. The summed E-state index contributed by atoms with van der Waals surface area (Å²) in [6, 6.07) is 6.38. The number of hydrogen-bond donors (Lipinski definition) is 1. The first-order chi connectivity index (χ1) is 10.1. The molecule has 0 saturated carbocycles. The quantitative estimate of drug-likeness (QED) is 0.793. The minimum Gasteiger partial charge on any atom is -0.306 e. The molecule has 0 amide bonds. The Morgan fingerprint density at radius 1 is 1.14 bits per heavy atom. The molecule has 1 aromatic carbocycles. The van der Waals surface area contributed by atoms with Crippen LogP contribution in [0.1, 0.15) is 47.2 Å². The molecule has 0 saturated heterocycles. The molecule has 1 N–H and O–H groups in total. The van der Waals surface area contributed by atoms with Crippen LogP contribution in [-0.2, 0) is 6.42 Å². The SMILES string of the molecule is CCCNC(c1ccc(CC)s1)c1cc(F)c(C)cc1F. The fourth-order valence-electron chi connectivity index (χ4n) is 2.28. The van der Waals surface area contributed by atoms with Gasteiger partial charge in [0.25, 0.3) is 0 Å². The van der Waals surface area contributed by atoms with Gasteiger partial charge in [0.15, 0.2) is 0 Å². The number of thiophene rings is 1. The van der Waals surface area contributed by atoms with Crippen LogP contribution in [0.5, 0.6) is 0 Å². The van der Waals surface area contributed by atoms with Crippen LogP contribution < -0.4 is 5.32 Å². The van der Waals surface area contributed by atoms with Crippen molar-refractivity contribution >= 4 is 11.3 Å². The molecule has 2 aromatic rings. The summed E-state index contributed by atoms with van der Waals surface area (Å²) >= 11 is 1.65. The van der Waals surface area contributed by atoms with Crippen molar-refractivity contribution in [1.29, 1.82) is 0 Å². The van der Waals surface area contributed by atoms with Gasteiger partial charge in [-0.1, -0.05) is 13.8 Å². The summed E-state index contributed by atoms with van der Waals surface area (Å²) < 4.78 is 28.1. The Morgan fingerprint density at radius 3 is 2.52 bits per heavy atom. The van der Waals surface area contributed by atoms with Gasteiger partial charge in [0.1, 0.15) is 11.6 Å². The second kappa shape index (κ2) is 7.14. The van der Waals surface area contributed by atoms with Crippen LogP contribution in [0.4, 0.5) is 8.78 Å². The van der Waals surface area contributed by atoms with Gasteiger partial charge in [0.2, 0.25) is 0 Å². The number of aryl methyl sites for hydroxylation is 2. The van der Waals surface area contributed by atoms with Crippen LogP contribution in [-0.4, -0.2) is 6.54 Å². The number of rotatable bonds is 6. The zero-order valence-corrected chi connectivity index (χ0v) is 13.5. The van der Waals surface area contributed by atoms with E-state index in [1.54, 1.807) is 18.3 Å². The highest BCUT2D eigenvalue weighted by atomic mass is 32.1. The minimum atomic E-state index is -0.359. The molecule has 114 valence electrons. The van der Waals surface area contributed by atoms with E-state index < -0.39 is 0 Å². The Hall–Kier alpha value is -1.26. The van der Waals surface area contributed by atoms with E-state index >= 15 is 0 Å². The molecule has 1 unspecified atom stereocenters. The summed E-state index contributed by atoms with van der Waals surface area (Å²) in [5.41, 5.74) is 0.724. The number of nitrogens with one attached hydrogen (secondary N) is 1. The zero-order valence-electron chi connectivity index (χ0n) is 12.7. The van der Waals surface area contributed by atoms with Gasteiger partial charge >= 0.3 is 0 Å². The molecule has 0 aliphatic rings. The zero-order chi connectivity index (χ0) is 15.4. The van der Waals surface area contributed by atoms with Crippen molar-refractivity contribution in [1.82, 2.24) is 5.32 Å². The molecule has 1 heterocycles. The Balaban J connectivity index is 2.42. The predicted octanol–water partition coefficient (Wildman–Crippen LogP) is 4.99. The maximum Gasteiger partial charge on any atom is 0.128 e. The van der Waals surface area contributed by atoms with Crippen LogP contribution in [0.15, 0.2) is 24.3 Å². The van der Waals surface area contributed by atoms with Crippen molar-refractivity contribution in [2.24, 2.45) is 0 Å². The summed E-state index contributed by atoms with van der Waals surface area (Å²) in [6.45, 7) is 6.49. The molecular formula is C17H21F2NS. The predicted molar refractivity (Wildman–Crippen MR) is 84.9 cm³/mol. The normalized spacial score (nSPS) is 12.6. The van der Waals surface area contributed by atoms with Gasteiger partial charge < -0.3 is 5.32 Å². The largest absolute Gasteiger partial charge is 0.306 e. The van der Waals surface area contributed by atoms with Crippen LogP contribution in [0.25, 0.3) is 0 Å². The highest BCUT2D eigenvalue weighted by Crippen LogP contribution is 2.31. The van der Waals surface area contributed by atoms with Gasteiger partial charge in [0, 0.05) is 15.3 Å². The summed E-state index contributed by atoms with van der Waals surface area (Å²) in [5, 5.41) is 3.33. The summed E-state index contributed by atoms with van der Waals surface area (Å²) in [7, 11) is 0. The Bertz CT molecular complexity index is 607. The van der Waals surface area contributed by atoms with Crippen molar-refractivity contribution < 1.29 is 8.78 Å². The highest BCUT2D eigenvalue weighted by molar-refractivity contribution is 7.12. The van der Waals surface area contributed by atoms with Gasteiger partial charge in [-0.15, -0.1) is 11.3 Å². The van der Waals surface area contributed by atoms with Gasteiger partial charge in [0.05, 0.1) is 6.04 Å². The fourth-order valence-corrected chi connectivity index (χ4v) is 3.32. The molecule has 0 fully saturated rings. The average molecular weight is 309 g/mol. The first kappa shape index (κ1) is 16.1. The number of benzene rings is 1. The van der Waals surface area contributed by atoms with E-state index in [1.807, 2.05) is 6.07 Å². The maximum atomic E-state index is 14.3. The topological polar surface area (TPSA) is 12.0 Å². The molecule has 0 radical (unpaired) electrons. The smallest absolute Gasteiger partial charge is 0.128 e. The van der Waals surface area contributed by atoms with Crippen LogP contribution >= 0.6 is 11.3 Å². The molecule has 4 heteroatoms. The van der Waals surface area contributed by atoms with Gasteiger partial charge in [-0.05, 0) is 56.1 Å². The number of hydrogen-bond acceptors (Lipinski definition) is 2. The van der Waals surface area contributed by atoms with Crippen LogP contribution in [0.3, 0.4) is 0 Å². The van der Waals surface area contributed by atoms with E-state index in [0.29, 0.717) is 11.1 Å². The number of halogens is 2. The van der Waals surface area contributed by atoms with Crippen molar-refractivity contribution in [2.45, 2.75) is 39.7 Å². The van der Waals surface area contributed by atoms with E-state index in [4.69, 9.17) is 0 Å². The third kappa shape index (κ3) is 3.69. The van der Waals surface area contributed by atoms with E-state index in [2.05, 4.69) is 25.2 Å². The molecule has 0 bridgehead atoms.